The fourth-order valence-corrected chi connectivity index (χ4v) is 2.19. The molecule has 0 atom stereocenters. The summed E-state index contributed by atoms with van der Waals surface area (Å²) in [6.07, 6.45) is 0. The molecule has 0 aliphatic carbocycles. The Kier molecular flexibility index (Phi) is 3.54. The van der Waals surface area contributed by atoms with Gasteiger partial charge in [-0.15, -0.1) is 0 Å². The second-order valence-electron chi connectivity index (χ2n) is 4.45. The minimum Gasteiger partial charge on any atom is -0.464 e. The first-order chi connectivity index (χ1) is 10.2. The predicted molar refractivity (Wildman–Crippen MR) is 81.2 cm³/mol. The summed E-state index contributed by atoms with van der Waals surface area (Å²) in [4.78, 5) is 14.6. The van der Waals surface area contributed by atoms with Crippen molar-refractivity contribution in [1.29, 1.82) is 0 Å². The van der Waals surface area contributed by atoms with E-state index in [0.717, 1.165) is 10.9 Å². The molecule has 3 rings (SSSR count). The molecule has 0 aliphatic heterocycles. The van der Waals surface area contributed by atoms with Crippen LogP contribution in [-0.2, 0) is 4.74 Å². The number of hydrogen-bond donors (Lipinski definition) is 1. The average molecular weight is 302 g/mol. The van der Waals surface area contributed by atoms with E-state index in [1.165, 1.54) is 7.11 Å². The standard InChI is InChI=1S/C16H12ClNO3/c1-20-16(19)14-9-12-13(18-14)3-2-4-15(12)21-11-7-5-10(17)6-8-11/h2-9,18H,1H3. The quantitative estimate of drug-likeness (QED) is 0.729. The average Bonchev–Trinajstić information content (AvgIpc) is 2.94. The van der Waals surface area contributed by atoms with Gasteiger partial charge in [-0.05, 0) is 42.5 Å². The summed E-state index contributed by atoms with van der Waals surface area (Å²) in [5.41, 5.74) is 1.20. The van der Waals surface area contributed by atoms with Crippen molar-refractivity contribution in [3.05, 3.63) is 59.2 Å². The smallest absolute Gasteiger partial charge is 0.354 e. The van der Waals surface area contributed by atoms with Crippen molar-refractivity contribution in [3.8, 4) is 11.5 Å². The molecule has 2 aromatic carbocycles. The van der Waals surface area contributed by atoms with Crippen molar-refractivity contribution in [1.82, 2.24) is 4.98 Å². The fraction of sp³-hybridized carbons (Fsp3) is 0.0625. The molecule has 0 spiro atoms. The Morgan fingerprint density at radius 1 is 1.14 bits per heavy atom. The maximum Gasteiger partial charge on any atom is 0.354 e. The van der Waals surface area contributed by atoms with Gasteiger partial charge in [0.2, 0.25) is 0 Å². The summed E-state index contributed by atoms with van der Waals surface area (Å²) in [5, 5.41) is 1.46. The lowest BCUT2D eigenvalue weighted by Crippen LogP contribution is -2.00. The van der Waals surface area contributed by atoms with Gasteiger partial charge in [-0.25, -0.2) is 4.79 Å². The number of halogens is 1. The zero-order valence-corrected chi connectivity index (χ0v) is 12.0. The zero-order chi connectivity index (χ0) is 14.8. The first-order valence-electron chi connectivity index (χ1n) is 6.31. The normalized spacial score (nSPS) is 10.6. The van der Waals surface area contributed by atoms with Crippen LogP contribution in [0.4, 0.5) is 0 Å². The molecule has 0 saturated heterocycles. The molecular formula is C16H12ClNO3. The summed E-state index contributed by atoms with van der Waals surface area (Å²) in [6, 6.07) is 14.4. The largest absolute Gasteiger partial charge is 0.464 e. The number of nitrogens with one attached hydrogen (secondary N) is 1. The molecule has 0 aliphatic rings. The number of hydrogen-bond acceptors (Lipinski definition) is 3. The van der Waals surface area contributed by atoms with Crippen molar-refractivity contribution in [3.63, 3.8) is 0 Å². The number of methoxy groups -OCH3 is 1. The fourth-order valence-electron chi connectivity index (χ4n) is 2.07. The molecule has 1 heterocycles. The van der Waals surface area contributed by atoms with E-state index in [0.29, 0.717) is 22.2 Å². The SMILES string of the molecule is COC(=O)c1cc2c(Oc3ccc(Cl)cc3)cccc2[nH]1. The summed E-state index contributed by atoms with van der Waals surface area (Å²) in [5.74, 6) is 0.914. The second kappa shape index (κ2) is 5.50. The van der Waals surface area contributed by atoms with Crippen molar-refractivity contribution in [2.75, 3.05) is 7.11 Å². The third-order valence-electron chi connectivity index (χ3n) is 3.07. The lowest BCUT2D eigenvalue weighted by atomic mass is 10.2. The lowest BCUT2D eigenvalue weighted by molar-refractivity contribution is 0.0595. The molecule has 0 fully saturated rings. The number of rotatable bonds is 3. The number of aromatic amines is 1. The third kappa shape index (κ3) is 2.71. The molecule has 1 aromatic heterocycles. The van der Waals surface area contributed by atoms with Crippen LogP contribution in [-0.4, -0.2) is 18.1 Å². The van der Waals surface area contributed by atoms with Crippen LogP contribution in [0.15, 0.2) is 48.5 Å². The number of carbonyl (C=O) groups excluding carboxylic acids is 1. The topological polar surface area (TPSA) is 51.3 Å². The van der Waals surface area contributed by atoms with E-state index < -0.39 is 5.97 Å². The van der Waals surface area contributed by atoms with Gasteiger partial charge in [-0.2, -0.15) is 0 Å². The number of fused-ring (bicyclic) bond motifs is 1. The van der Waals surface area contributed by atoms with E-state index >= 15 is 0 Å². The second-order valence-corrected chi connectivity index (χ2v) is 4.88. The highest BCUT2D eigenvalue weighted by Gasteiger charge is 2.12. The van der Waals surface area contributed by atoms with Gasteiger partial charge in [-0.1, -0.05) is 17.7 Å². The Labute approximate surface area is 126 Å². The van der Waals surface area contributed by atoms with Gasteiger partial charge in [0, 0.05) is 15.9 Å². The highest BCUT2D eigenvalue weighted by atomic mass is 35.5. The van der Waals surface area contributed by atoms with Gasteiger partial charge in [0.25, 0.3) is 0 Å². The summed E-state index contributed by atoms with van der Waals surface area (Å²) in [6.45, 7) is 0. The van der Waals surface area contributed by atoms with E-state index in [9.17, 15) is 4.79 Å². The first-order valence-corrected chi connectivity index (χ1v) is 6.68. The predicted octanol–water partition coefficient (Wildman–Crippen LogP) is 4.40. The molecule has 1 N–H and O–H groups in total. The Hall–Kier alpha value is -2.46. The zero-order valence-electron chi connectivity index (χ0n) is 11.2. The minimum absolute atomic E-state index is 0.389. The molecule has 0 bridgehead atoms. The number of carbonyl (C=O) groups is 1. The van der Waals surface area contributed by atoms with Crippen molar-refractivity contribution in [2.24, 2.45) is 0 Å². The highest BCUT2D eigenvalue weighted by Crippen LogP contribution is 2.31. The van der Waals surface area contributed by atoms with Crippen molar-refractivity contribution >= 4 is 28.5 Å². The lowest BCUT2D eigenvalue weighted by Gasteiger charge is -2.06. The summed E-state index contributed by atoms with van der Waals surface area (Å²) in [7, 11) is 1.35. The summed E-state index contributed by atoms with van der Waals surface area (Å²) < 4.78 is 10.6. The molecule has 0 unspecified atom stereocenters. The summed E-state index contributed by atoms with van der Waals surface area (Å²) >= 11 is 5.85. The molecule has 0 saturated carbocycles. The maximum atomic E-state index is 11.6. The van der Waals surface area contributed by atoms with E-state index in [1.807, 2.05) is 18.2 Å². The van der Waals surface area contributed by atoms with Crippen LogP contribution < -0.4 is 4.74 Å². The van der Waals surface area contributed by atoms with Crippen LogP contribution in [0.25, 0.3) is 10.9 Å². The first kappa shape index (κ1) is 13.5. The number of H-pyrrole nitrogens is 1. The monoisotopic (exact) mass is 301 g/mol. The Bertz CT molecular complexity index is 793. The molecular weight excluding hydrogens is 290 g/mol. The third-order valence-corrected chi connectivity index (χ3v) is 3.32. The van der Waals surface area contributed by atoms with Gasteiger partial charge < -0.3 is 14.5 Å². The van der Waals surface area contributed by atoms with Gasteiger partial charge in [0.15, 0.2) is 0 Å². The van der Waals surface area contributed by atoms with Gasteiger partial charge in [-0.3, -0.25) is 0 Å². The highest BCUT2D eigenvalue weighted by molar-refractivity contribution is 6.30. The number of ether oxygens (including phenoxy) is 2. The van der Waals surface area contributed by atoms with E-state index in [2.05, 4.69) is 4.98 Å². The van der Waals surface area contributed by atoms with Crippen LogP contribution in [0.1, 0.15) is 10.5 Å². The molecule has 3 aromatic rings. The number of aromatic nitrogens is 1. The van der Waals surface area contributed by atoms with E-state index in [4.69, 9.17) is 21.1 Å². The number of esters is 1. The molecule has 0 radical (unpaired) electrons. The van der Waals surface area contributed by atoms with Crippen molar-refractivity contribution in [2.45, 2.75) is 0 Å². The molecule has 5 heteroatoms. The Morgan fingerprint density at radius 3 is 2.62 bits per heavy atom. The van der Waals surface area contributed by atoms with Gasteiger partial charge >= 0.3 is 5.97 Å². The molecule has 106 valence electrons. The van der Waals surface area contributed by atoms with Crippen LogP contribution >= 0.6 is 11.6 Å². The van der Waals surface area contributed by atoms with Crippen LogP contribution in [0.2, 0.25) is 5.02 Å². The minimum atomic E-state index is -0.413. The Morgan fingerprint density at radius 2 is 1.90 bits per heavy atom. The van der Waals surface area contributed by atoms with Crippen LogP contribution in [0.5, 0.6) is 11.5 Å². The molecule has 4 nitrogen and oxygen atoms in total. The van der Waals surface area contributed by atoms with Crippen LogP contribution in [0, 0.1) is 0 Å². The maximum absolute atomic E-state index is 11.6. The number of benzene rings is 2. The van der Waals surface area contributed by atoms with Gasteiger partial charge in [0.1, 0.15) is 17.2 Å². The Balaban J connectivity index is 2.00. The van der Waals surface area contributed by atoms with Gasteiger partial charge in [0.05, 0.1) is 7.11 Å². The molecule has 0 amide bonds. The van der Waals surface area contributed by atoms with Crippen LogP contribution in [0.3, 0.4) is 0 Å². The van der Waals surface area contributed by atoms with Crippen molar-refractivity contribution < 1.29 is 14.3 Å². The molecule has 21 heavy (non-hydrogen) atoms. The van der Waals surface area contributed by atoms with E-state index in [-0.39, 0.29) is 0 Å². The van der Waals surface area contributed by atoms with E-state index in [1.54, 1.807) is 30.3 Å².